The second-order valence-corrected chi connectivity index (χ2v) is 4.10. The van der Waals surface area contributed by atoms with Crippen molar-refractivity contribution in [1.82, 2.24) is 9.97 Å². The minimum absolute atomic E-state index is 0.105. The van der Waals surface area contributed by atoms with Crippen molar-refractivity contribution in [2.75, 3.05) is 10.6 Å². The first-order valence-electron chi connectivity index (χ1n) is 5.83. The molecule has 1 aromatic carbocycles. The summed E-state index contributed by atoms with van der Waals surface area (Å²) in [5, 5.41) is 5.80. The van der Waals surface area contributed by atoms with E-state index in [1.165, 1.54) is 6.33 Å². The van der Waals surface area contributed by atoms with Crippen LogP contribution in [0.15, 0.2) is 43.0 Å². The van der Waals surface area contributed by atoms with E-state index in [4.69, 9.17) is 5.73 Å². The summed E-state index contributed by atoms with van der Waals surface area (Å²) in [5.74, 6) is 0. The molecule has 0 aliphatic heterocycles. The number of nitrogens with zero attached hydrogens (tertiary/aromatic N) is 2. The monoisotopic (exact) mass is 257 g/mol. The van der Waals surface area contributed by atoms with Gasteiger partial charge in [-0.1, -0.05) is 12.1 Å². The molecule has 0 spiro atoms. The molecule has 1 heterocycles. The van der Waals surface area contributed by atoms with Gasteiger partial charge in [-0.05, 0) is 24.6 Å². The van der Waals surface area contributed by atoms with E-state index in [1.807, 2.05) is 19.1 Å². The van der Waals surface area contributed by atoms with Gasteiger partial charge < -0.3 is 16.4 Å². The van der Waals surface area contributed by atoms with E-state index in [9.17, 15) is 4.79 Å². The van der Waals surface area contributed by atoms with Crippen molar-refractivity contribution in [1.29, 1.82) is 0 Å². The number of amides is 2. The number of nitrogens with two attached hydrogens (primary N) is 1. The Morgan fingerprint density at radius 3 is 2.37 bits per heavy atom. The molecule has 0 aliphatic rings. The lowest BCUT2D eigenvalue weighted by atomic mass is 10.1. The van der Waals surface area contributed by atoms with Crippen LogP contribution in [0.5, 0.6) is 0 Å². The molecule has 2 aromatic rings. The SMILES string of the molecule is CC(Nc1cncnc1)c1ccc(NC(N)=O)cc1. The summed E-state index contributed by atoms with van der Waals surface area (Å²) in [4.78, 5) is 18.6. The predicted octanol–water partition coefficient (Wildman–Crippen LogP) is 2.14. The van der Waals surface area contributed by atoms with E-state index in [1.54, 1.807) is 24.5 Å². The molecule has 0 aliphatic carbocycles. The normalized spacial score (nSPS) is 11.6. The van der Waals surface area contributed by atoms with E-state index in [0.29, 0.717) is 5.69 Å². The van der Waals surface area contributed by atoms with E-state index >= 15 is 0 Å². The van der Waals surface area contributed by atoms with Crippen LogP contribution in [0.4, 0.5) is 16.2 Å². The summed E-state index contributed by atoms with van der Waals surface area (Å²) in [6, 6.07) is 6.99. The molecule has 2 rings (SSSR count). The maximum atomic E-state index is 10.7. The summed E-state index contributed by atoms with van der Waals surface area (Å²) in [6.07, 6.45) is 4.92. The highest BCUT2D eigenvalue weighted by Gasteiger charge is 2.05. The number of urea groups is 1. The van der Waals surface area contributed by atoms with Crippen molar-refractivity contribution < 1.29 is 4.79 Å². The number of benzene rings is 1. The number of hydrogen-bond acceptors (Lipinski definition) is 4. The molecule has 0 fully saturated rings. The molecule has 0 radical (unpaired) electrons. The molecule has 1 aromatic heterocycles. The molecular formula is C13H15N5O. The van der Waals surface area contributed by atoms with Gasteiger partial charge in [0.15, 0.2) is 0 Å². The van der Waals surface area contributed by atoms with Gasteiger partial charge in [0, 0.05) is 11.7 Å². The zero-order valence-corrected chi connectivity index (χ0v) is 10.5. The van der Waals surface area contributed by atoms with E-state index < -0.39 is 6.03 Å². The Morgan fingerprint density at radius 1 is 1.16 bits per heavy atom. The molecule has 6 heteroatoms. The average Bonchev–Trinajstić information content (AvgIpc) is 2.40. The number of aromatic nitrogens is 2. The smallest absolute Gasteiger partial charge is 0.316 e. The summed E-state index contributed by atoms with van der Waals surface area (Å²) < 4.78 is 0. The van der Waals surface area contributed by atoms with Gasteiger partial charge >= 0.3 is 6.03 Å². The van der Waals surface area contributed by atoms with Crippen LogP contribution in [0.1, 0.15) is 18.5 Å². The van der Waals surface area contributed by atoms with Crippen LogP contribution in [0.25, 0.3) is 0 Å². The zero-order chi connectivity index (χ0) is 13.7. The second kappa shape index (κ2) is 5.81. The number of carbonyl (C=O) groups is 1. The first-order valence-corrected chi connectivity index (χ1v) is 5.83. The lowest BCUT2D eigenvalue weighted by Gasteiger charge is -2.15. The Bertz CT molecular complexity index is 541. The van der Waals surface area contributed by atoms with Gasteiger partial charge in [-0.3, -0.25) is 0 Å². The van der Waals surface area contributed by atoms with Crippen molar-refractivity contribution in [3.05, 3.63) is 48.5 Å². The lowest BCUT2D eigenvalue weighted by Crippen LogP contribution is -2.19. The molecule has 98 valence electrons. The Kier molecular flexibility index (Phi) is 3.92. The largest absolute Gasteiger partial charge is 0.376 e. The maximum absolute atomic E-state index is 10.7. The van der Waals surface area contributed by atoms with Crippen LogP contribution in [0, 0.1) is 0 Å². The van der Waals surface area contributed by atoms with Crippen molar-refractivity contribution in [2.45, 2.75) is 13.0 Å². The fourth-order valence-electron chi connectivity index (χ4n) is 1.70. The van der Waals surface area contributed by atoms with Gasteiger partial charge in [0.25, 0.3) is 0 Å². The average molecular weight is 257 g/mol. The fraction of sp³-hybridized carbons (Fsp3) is 0.154. The highest BCUT2D eigenvalue weighted by atomic mass is 16.2. The molecule has 0 bridgehead atoms. The van der Waals surface area contributed by atoms with Crippen LogP contribution < -0.4 is 16.4 Å². The van der Waals surface area contributed by atoms with Crippen LogP contribution in [0.2, 0.25) is 0 Å². The Balaban J connectivity index is 2.03. The van der Waals surface area contributed by atoms with E-state index in [-0.39, 0.29) is 6.04 Å². The number of carbonyl (C=O) groups excluding carboxylic acids is 1. The van der Waals surface area contributed by atoms with Crippen molar-refractivity contribution >= 4 is 17.4 Å². The van der Waals surface area contributed by atoms with Gasteiger partial charge in [0.05, 0.1) is 18.1 Å². The number of hydrogen-bond donors (Lipinski definition) is 3. The second-order valence-electron chi connectivity index (χ2n) is 4.10. The van der Waals surface area contributed by atoms with Gasteiger partial charge in [-0.25, -0.2) is 14.8 Å². The van der Waals surface area contributed by atoms with Gasteiger partial charge in [-0.15, -0.1) is 0 Å². The predicted molar refractivity (Wildman–Crippen MR) is 73.7 cm³/mol. The van der Waals surface area contributed by atoms with Crippen molar-refractivity contribution in [3.63, 3.8) is 0 Å². The number of primary amides is 1. The van der Waals surface area contributed by atoms with E-state index in [0.717, 1.165) is 11.3 Å². The van der Waals surface area contributed by atoms with Gasteiger partial charge in [-0.2, -0.15) is 0 Å². The minimum Gasteiger partial charge on any atom is -0.376 e. The molecule has 0 saturated carbocycles. The third-order valence-electron chi connectivity index (χ3n) is 2.62. The molecule has 1 unspecified atom stereocenters. The highest BCUT2D eigenvalue weighted by Crippen LogP contribution is 2.19. The van der Waals surface area contributed by atoms with Crippen LogP contribution in [-0.4, -0.2) is 16.0 Å². The summed E-state index contributed by atoms with van der Waals surface area (Å²) in [6.45, 7) is 2.03. The molecule has 0 saturated heterocycles. The fourth-order valence-corrected chi connectivity index (χ4v) is 1.70. The van der Waals surface area contributed by atoms with Gasteiger partial charge in [0.2, 0.25) is 0 Å². The quantitative estimate of drug-likeness (QED) is 0.782. The van der Waals surface area contributed by atoms with Crippen LogP contribution in [0.3, 0.4) is 0 Å². The molecular weight excluding hydrogens is 242 g/mol. The van der Waals surface area contributed by atoms with Crippen LogP contribution >= 0.6 is 0 Å². The molecule has 2 amide bonds. The standard InChI is InChI=1S/C13H15N5O/c1-9(17-12-6-15-8-16-7-12)10-2-4-11(5-3-10)18-13(14)19/h2-9,17H,1H3,(H3,14,18,19). The Morgan fingerprint density at radius 2 is 1.79 bits per heavy atom. The topological polar surface area (TPSA) is 92.9 Å². The Hall–Kier alpha value is -2.63. The molecule has 6 nitrogen and oxygen atoms in total. The van der Waals surface area contributed by atoms with Crippen molar-refractivity contribution in [2.24, 2.45) is 5.73 Å². The van der Waals surface area contributed by atoms with Crippen molar-refractivity contribution in [3.8, 4) is 0 Å². The first kappa shape index (κ1) is 12.8. The number of rotatable bonds is 4. The summed E-state index contributed by atoms with van der Waals surface area (Å²) in [7, 11) is 0. The first-order chi connectivity index (χ1) is 9.15. The van der Waals surface area contributed by atoms with E-state index in [2.05, 4.69) is 20.6 Å². The van der Waals surface area contributed by atoms with Gasteiger partial charge in [0.1, 0.15) is 6.33 Å². The summed E-state index contributed by atoms with van der Waals surface area (Å²) in [5.41, 5.74) is 7.66. The molecule has 1 atom stereocenters. The molecule has 19 heavy (non-hydrogen) atoms. The third-order valence-corrected chi connectivity index (χ3v) is 2.62. The van der Waals surface area contributed by atoms with Crippen LogP contribution in [-0.2, 0) is 0 Å². The number of nitrogens with one attached hydrogen (secondary N) is 2. The number of anilines is 2. The lowest BCUT2D eigenvalue weighted by molar-refractivity contribution is 0.259. The third kappa shape index (κ3) is 3.67. The Labute approximate surface area is 111 Å². The summed E-state index contributed by atoms with van der Waals surface area (Å²) >= 11 is 0. The maximum Gasteiger partial charge on any atom is 0.316 e. The zero-order valence-electron chi connectivity index (χ0n) is 10.5. The highest BCUT2D eigenvalue weighted by molar-refractivity contribution is 5.87. The minimum atomic E-state index is -0.569. The molecule has 4 N–H and O–H groups in total.